The maximum Gasteiger partial charge on any atom is 0.303 e. The van der Waals surface area contributed by atoms with Crippen LogP contribution in [0, 0.1) is 13.8 Å². The van der Waals surface area contributed by atoms with Crippen molar-refractivity contribution in [1.82, 2.24) is 14.9 Å². The number of methoxy groups -OCH3 is 1. The summed E-state index contributed by atoms with van der Waals surface area (Å²) in [7, 11) is 1.63. The number of hydrogen-bond donors (Lipinski definition) is 2. The fourth-order valence-electron chi connectivity index (χ4n) is 4.30. The predicted molar refractivity (Wildman–Crippen MR) is 139 cm³/mol. The van der Waals surface area contributed by atoms with Crippen LogP contribution in [0.3, 0.4) is 0 Å². The molecule has 0 bridgehead atoms. The monoisotopic (exact) mass is 489 g/mol. The molecule has 0 unspecified atom stereocenters. The van der Waals surface area contributed by atoms with Crippen molar-refractivity contribution in [3.05, 3.63) is 74.3 Å². The summed E-state index contributed by atoms with van der Waals surface area (Å²) in [6.45, 7) is 10.3. The van der Waals surface area contributed by atoms with E-state index in [-0.39, 0.29) is 22.8 Å². The van der Waals surface area contributed by atoms with E-state index in [9.17, 15) is 9.59 Å². The summed E-state index contributed by atoms with van der Waals surface area (Å²) in [4.78, 5) is 39.8. The second-order valence-electron chi connectivity index (χ2n) is 8.99. The number of aromatic amines is 1. The van der Waals surface area contributed by atoms with Gasteiger partial charge < -0.3 is 19.7 Å². The molecule has 2 heterocycles. The molecule has 0 aliphatic carbocycles. The third-order valence-corrected chi connectivity index (χ3v) is 6.37. The Morgan fingerprint density at radius 1 is 1.17 bits per heavy atom. The normalized spacial score (nSPS) is 12.2. The molecule has 1 aliphatic rings. The van der Waals surface area contributed by atoms with Gasteiger partial charge in [0.15, 0.2) is 11.2 Å². The first kappa shape index (κ1) is 25.1. The molecular formula is C27H31N5O4. The fraction of sp³-hybridized carbons (Fsp3) is 0.333. The van der Waals surface area contributed by atoms with E-state index in [0.29, 0.717) is 38.4 Å². The number of ether oxygens (including phenoxy) is 1. The summed E-state index contributed by atoms with van der Waals surface area (Å²) in [6, 6.07) is 11.9. The Morgan fingerprint density at radius 3 is 2.58 bits per heavy atom. The largest absolute Gasteiger partial charge is 0.497 e. The second kappa shape index (κ2) is 10.7. The quantitative estimate of drug-likeness (QED) is 0.450. The summed E-state index contributed by atoms with van der Waals surface area (Å²) in [6.07, 6.45) is 0.640. The molecule has 1 aliphatic heterocycles. The lowest BCUT2D eigenvalue weighted by Crippen LogP contribution is -2.44. The number of rotatable bonds is 10. The molecule has 0 radical (unpaired) electrons. The fourth-order valence-corrected chi connectivity index (χ4v) is 4.30. The van der Waals surface area contributed by atoms with Crippen LogP contribution < -0.4 is 26.0 Å². The van der Waals surface area contributed by atoms with Crippen molar-refractivity contribution in [1.29, 1.82) is 0 Å². The van der Waals surface area contributed by atoms with E-state index in [1.807, 2.05) is 49.1 Å². The number of fused-ring (bicyclic) bond motifs is 2. The molecule has 0 saturated heterocycles. The van der Waals surface area contributed by atoms with E-state index in [1.165, 1.54) is 0 Å². The van der Waals surface area contributed by atoms with Crippen molar-refractivity contribution in [3.8, 4) is 5.75 Å². The van der Waals surface area contributed by atoms with Gasteiger partial charge in [-0.2, -0.15) is 0 Å². The Morgan fingerprint density at radius 2 is 1.89 bits per heavy atom. The molecule has 0 atom stereocenters. The predicted octanol–water partition coefficient (Wildman–Crippen LogP) is 2.58. The number of hydrogen-bond acceptors (Lipinski definition) is 7. The Hall–Kier alpha value is -3.98. The topological polar surface area (TPSA) is 111 Å². The van der Waals surface area contributed by atoms with Crippen LogP contribution >= 0.6 is 0 Å². The van der Waals surface area contributed by atoms with Gasteiger partial charge in [-0.1, -0.05) is 18.7 Å². The van der Waals surface area contributed by atoms with Crippen molar-refractivity contribution < 1.29 is 14.6 Å². The van der Waals surface area contributed by atoms with Gasteiger partial charge >= 0.3 is 5.97 Å². The highest BCUT2D eigenvalue weighted by Crippen LogP contribution is 2.36. The molecule has 36 heavy (non-hydrogen) atoms. The molecule has 3 aromatic rings. The van der Waals surface area contributed by atoms with Crippen molar-refractivity contribution >= 4 is 29.7 Å². The van der Waals surface area contributed by atoms with Gasteiger partial charge in [0.2, 0.25) is 0 Å². The third kappa shape index (κ3) is 5.63. The van der Waals surface area contributed by atoms with E-state index in [0.717, 1.165) is 33.8 Å². The molecule has 4 rings (SSSR count). The van der Waals surface area contributed by atoms with Crippen LogP contribution in [0.25, 0.3) is 6.58 Å². The highest BCUT2D eigenvalue weighted by atomic mass is 16.5. The first-order valence-electron chi connectivity index (χ1n) is 11.9. The number of aliphatic carboxylic acids is 1. The Balaban J connectivity index is 1.64. The molecular weight excluding hydrogens is 458 g/mol. The van der Waals surface area contributed by atoms with Crippen LogP contribution in [0.1, 0.15) is 29.5 Å². The average Bonchev–Trinajstić information content (AvgIpc) is 2.83. The number of aromatic nitrogens is 2. The van der Waals surface area contributed by atoms with Crippen LogP contribution in [0.2, 0.25) is 0 Å². The minimum absolute atomic E-state index is 0.105. The number of aryl methyl sites for hydroxylation is 2. The van der Waals surface area contributed by atoms with E-state index in [1.54, 1.807) is 7.11 Å². The van der Waals surface area contributed by atoms with Crippen LogP contribution in [0.15, 0.2) is 46.2 Å². The first-order chi connectivity index (χ1) is 17.2. The standard InChI is InChI=1S/C27H31N5O4/c1-17-14-22-23(15-18(17)2)32(26-25(30-22)27(35)29-19(3)28-26)13-12-31(11-5-6-24(33)34)16-20-7-9-21(36-4)10-8-20/h7-10,14-15H,3,5-6,11-13,16H2,1-2,4H3,(H,29,35)(H,33,34). The van der Waals surface area contributed by atoms with Crippen LogP contribution in [0.4, 0.5) is 17.2 Å². The summed E-state index contributed by atoms with van der Waals surface area (Å²) < 4.78 is 5.26. The van der Waals surface area contributed by atoms with Gasteiger partial charge in [-0.25, -0.2) is 9.98 Å². The Labute approximate surface area is 209 Å². The molecule has 0 amide bonds. The molecule has 0 saturated carbocycles. The lowest BCUT2D eigenvalue weighted by atomic mass is 10.1. The van der Waals surface area contributed by atoms with E-state index < -0.39 is 5.97 Å². The zero-order chi connectivity index (χ0) is 25.8. The smallest absolute Gasteiger partial charge is 0.303 e. The molecule has 9 nitrogen and oxygen atoms in total. The maximum atomic E-state index is 12.7. The summed E-state index contributed by atoms with van der Waals surface area (Å²) in [5.74, 6) is 0.457. The number of carbonyl (C=O) groups is 1. The van der Waals surface area contributed by atoms with Gasteiger partial charge in [-0.15, -0.1) is 0 Å². The molecule has 0 fully saturated rings. The molecule has 0 spiro atoms. The second-order valence-corrected chi connectivity index (χ2v) is 8.99. The minimum Gasteiger partial charge on any atom is -0.497 e. The highest BCUT2D eigenvalue weighted by Gasteiger charge is 2.24. The zero-order valence-electron chi connectivity index (χ0n) is 20.9. The minimum atomic E-state index is -0.808. The molecule has 188 valence electrons. The van der Waals surface area contributed by atoms with E-state index in [2.05, 4.69) is 32.5 Å². The lowest BCUT2D eigenvalue weighted by Gasteiger charge is -2.31. The van der Waals surface area contributed by atoms with Crippen LogP contribution in [-0.4, -0.2) is 52.7 Å². The van der Waals surface area contributed by atoms with Crippen molar-refractivity contribution in [2.45, 2.75) is 33.2 Å². The van der Waals surface area contributed by atoms with E-state index in [4.69, 9.17) is 9.84 Å². The average molecular weight is 490 g/mol. The number of H-pyrrole nitrogens is 1. The van der Waals surface area contributed by atoms with Crippen molar-refractivity contribution in [2.24, 2.45) is 4.99 Å². The third-order valence-electron chi connectivity index (χ3n) is 6.37. The van der Waals surface area contributed by atoms with Crippen LogP contribution in [0.5, 0.6) is 5.75 Å². The number of nitrogens with zero attached hydrogens (tertiary/aromatic N) is 4. The first-order valence-corrected chi connectivity index (χ1v) is 11.9. The van der Waals surface area contributed by atoms with Gasteiger partial charge in [0.1, 0.15) is 11.2 Å². The van der Waals surface area contributed by atoms with Crippen molar-refractivity contribution in [3.63, 3.8) is 0 Å². The number of carboxylic acids is 1. The summed E-state index contributed by atoms with van der Waals surface area (Å²) in [5.41, 5.74) is 4.88. The molecule has 2 N–H and O–H groups in total. The SMILES string of the molecule is C=c1nc2c(c(=O)[nH]1)=Nc1cc(C)c(C)cc1N2CCN(CCCC(=O)O)Cc1ccc(OC)cc1. The van der Waals surface area contributed by atoms with Gasteiger partial charge in [0.05, 0.1) is 18.5 Å². The summed E-state index contributed by atoms with van der Waals surface area (Å²) >= 11 is 0. The summed E-state index contributed by atoms with van der Waals surface area (Å²) in [5, 5.41) is 9.40. The van der Waals surface area contributed by atoms with Crippen LogP contribution in [-0.2, 0) is 11.3 Å². The Kier molecular flexibility index (Phi) is 7.49. The molecule has 9 heteroatoms. The highest BCUT2D eigenvalue weighted by molar-refractivity contribution is 5.77. The van der Waals surface area contributed by atoms with Gasteiger partial charge in [0.25, 0.3) is 5.56 Å². The van der Waals surface area contributed by atoms with E-state index >= 15 is 0 Å². The zero-order valence-corrected chi connectivity index (χ0v) is 20.9. The number of nitrogens with one attached hydrogen (secondary N) is 1. The van der Waals surface area contributed by atoms with Gasteiger partial charge in [-0.3, -0.25) is 14.5 Å². The number of anilines is 2. The van der Waals surface area contributed by atoms with Crippen molar-refractivity contribution in [2.75, 3.05) is 31.6 Å². The molecule has 2 aromatic carbocycles. The maximum absolute atomic E-state index is 12.7. The Bertz CT molecular complexity index is 1430. The lowest BCUT2D eigenvalue weighted by molar-refractivity contribution is -0.137. The van der Waals surface area contributed by atoms with Gasteiger partial charge in [-0.05, 0) is 67.8 Å². The number of benzene rings is 2. The molecule has 1 aromatic heterocycles. The van der Waals surface area contributed by atoms with Gasteiger partial charge in [0, 0.05) is 26.1 Å². The number of carboxylic acid groups (broad SMARTS) is 1.